The van der Waals surface area contributed by atoms with Gasteiger partial charge in [0.1, 0.15) is 0 Å². The van der Waals surface area contributed by atoms with Crippen LogP contribution >= 0.6 is 0 Å². The summed E-state index contributed by atoms with van der Waals surface area (Å²) in [5, 5.41) is 3.00. The molecule has 5 nitrogen and oxygen atoms in total. The van der Waals surface area contributed by atoms with Crippen molar-refractivity contribution < 1.29 is 9.53 Å². The van der Waals surface area contributed by atoms with Crippen molar-refractivity contribution in [3.8, 4) is 0 Å². The lowest BCUT2D eigenvalue weighted by Crippen LogP contribution is -2.44. The molecule has 1 aliphatic rings. The van der Waals surface area contributed by atoms with Crippen LogP contribution in [0, 0.1) is 13.8 Å². The summed E-state index contributed by atoms with van der Waals surface area (Å²) in [6.45, 7) is 10.0. The molecule has 1 fully saturated rings. The van der Waals surface area contributed by atoms with Crippen LogP contribution in [0.3, 0.4) is 0 Å². The number of morpholine rings is 1. The Hall–Kier alpha value is -1.59. The van der Waals surface area contributed by atoms with Crippen LogP contribution in [-0.2, 0) is 11.2 Å². The second-order valence-corrected chi connectivity index (χ2v) is 6.35. The van der Waals surface area contributed by atoms with E-state index in [0.29, 0.717) is 6.54 Å². The van der Waals surface area contributed by atoms with Crippen LogP contribution in [0.4, 0.5) is 4.79 Å². The predicted octanol–water partition coefficient (Wildman–Crippen LogP) is 1.82. The van der Waals surface area contributed by atoms with Gasteiger partial charge in [-0.05, 0) is 25.8 Å². The number of amides is 2. The second kappa shape index (κ2) is 8.89. The number of carbonyl (C=O) groups excluding carboxylic acids is 1. The van der Waals surface area contributed by atoms with Crippen molar-refractivity contribution in [2.24, 2.45) is 0 Å². The summed E-state index contributed by atoms with van der Waals surface area (Å²) in [5.41, 5.74) is 3.82. The summed E-state index contributed by atoms with van der Waals surface area (Å²) < 4.78 is 5.33. The first-order valence-electron chi connectivity index (χ1n) is 8.41. The van der Waals surface area contributed by atoms with Gasteiger partial charge < -0.3 is 15.0 Å². The zero-order valence-corrected chi connectivity index (χ0v) is 14.6. The molecule has 1 aromatic rings. The van der Waals surface area contributed by atoms with Gasteiger partial charge in [-0.1, -0.05) is 29.3 Å². The van der Waals surface area contributed by atoms with Crippen LogP contribution < -0.4 is 5.32 Å². The fourth-order valence-corrected chi connectivity index (χ4v) is 2.88. The van der Waals surface area contributed by atoms with E-state index in [1.807, 2.05) is 7.05 Å². The van der Waals surface area contributed by atoms with Gasteiger partial charge in [-0.3, -0.25) is 4.90 Å². The molecule has 0 aromatic heterocycles. The first kappa shape index (κ1) is 17.8. The fraction of sp³-hybridized carbons (Fsp3) is 0.611. The van der Waals surface area contributed by atoms with Crippen molar-refractivity contribution in [2.75, 3.05) is 53.0 Å². The van der Waals surface area contributed by atoms with E-state index in [1.54, 1.807) is 4.90 Å². The molecule has 1 aromatic carbocycles. The van der Waals surface area contributed by atoms with Gasteiger partial charge in [0.2, 0.25) is 0 Å². The Morgan fingerprint density at radius 3 is 2.52 bits per heavy atom. The predicted molar refractivity (Wildman–Crippen MR) is 92.9 cm³/mol. The number of nitrogens with zero attached hydrogens (tertiary/aromatic N) is 2. The minimum atomic E-state index is 0.00244. The zero-order valence-electron chi connectivity index (χ0n) is 14.6. The van der Waals surface area contributed by atoms with E-state index in [0.717, 1.165) is 45.8 Å². The second-order valence-electron chi connectivity index (χ2n) is 6.35. The monoisotopic (exact) mass is 319 g/mol. The zero-order chi connectivity index (χ0) is 16.7. The molecule has 0 atom stereocenters. The maximum absolute atomic E-state index is 12.1. The number of aryl methyl sites for hydroxylation is 2. The molecular weight excluding hydrogens is 290 g/mol. The number of hydrogen-bond acceptors (Lipinski definition) is 3. The van der Waals surface area contributed by atoms with Crippen LogP contribution in [0.25, 0.3) is 0 Å². The van der Waals surface area contributed by atoms with Crippen LogP contribution in [0.5, 0.6) is 0 Å². The first-order chi connectivity index (χ1) is 11.0. The molecule has 1 aliphatic heterocycles. The quantitative estimate of drug-likeness (QED) is 0.870. The first-order valence-corrected chi connectivity index (χ1v) is 8.41. The Kier molecular flexibility index (Phi) is 6.86. The third-order valence-corrected chi connectivity index (χ3v) is 4.17. The molecule has 2 amide bonds. The smallest absolute Gasteiger partial charge is 0.317 e. The molecule has 0 aliphatic carbocycles. The molecule has 0 radical (unpaired) electrons. The third kappa shape index (κ3) is 6.20. The maximum Gasteiger partial charge on any atom is 0.317 e. The van der Waals surface area contributed by atoms with Crippen molar-refractivity contribution in [1.29, 1.82) is 0 Å². The molecule has 0 unspecified atom stereocenters. The van der Waals surface area contributed by atoms with Gasteiger partial charge in [-0.25, -0.2) is 4.79 Å². The van der Waals surface area contributed by atoms with E-state index in [9.17, 15) is 4.79 Å². The summed E-state index contributed by atoms with van der Waals surface area (Å²) in [4.78, 5) is 16.2. The normalized spacial score (nSPS) is 15.4. The molecule has 0 spiro atoms. The van der Waals surface area contributed by atoms with Gasteiger partial charge in [0.05, 0.1) is 13.2 Å². The molecule has 1 saturated heterocycles. The minimum Gasteiger partial charge on any atom is -0.379 e. The molecular formula is C18H29N3O2. The average Bonchev–Trinajstić information content (AvgIpc) is 2.52. The SMILES string of the molecule is Cc1cc(C)cc(CCNC(=O)N(C)CCN2CCOCC2)c1. The lowest BCUT2D eigenvalue weighted by Gasteiger charge is -2.28. The summed E-state index contributed by atoms with van der Waals surface area (Å²) in [7, 11) is 1.85. The molecule has 128 valence electrons. The molecule has 23 heavy (non-hydrogen) atoms. The summed E-state index contributed by atoms with van der Waals surface area (Å²) >= 11 is 0. The van der Waals surface area contributed by atoms with Crippen LogP contribution in [0.1, 0.15) is 16.7 Å². The largest absolute Gasteiger partial charge is 0.379 e. The number of hydrogen-bond donors (Lipinski definition) is 1. The number of rotatable bonds is 6. The van der Waals surface area contributed by atoms with Gasteiger partial charge in [0, 0.05) is 39.8 Å². The lowest BCUT2D eigenvalue weighted by atomic mass is 10.1. The number of nitrogens with one attached hydrogen (secondary N) is 1. The Morgan fingerprint density at radius 1 is 1.22 bits per heavy atom. The highest BCUT2D eigenvalue weighted by Crippen LogP contribution is 2.09. The highest BCUT2D eigenvalue weighted by atomic mass is 16.5. The average molecular weight is 319 g/mol. The fourth-order valence-electron chi connectivity index (χ4n) is 2.88. The van der Waals surface area contributed by atoms with Crippen molar-refractivity contribution in [1.82, 2.24) is 15.1 Å². The van der Waals surface area contributed by atoms with Crippen molar-refractivity contribution in [3.63, 3.8) is 0 Å². The molecule has 2 rings (SSSR count). The molecule has 1 N–H and O–H groups in total. The number of carbonyl (C=O) groups is 1. The lowest BCUT2D eigenvalue weighted by molar-refractivity contribution is 0.0357. The third-order valence-electron chi connectivity index (χ3n) is 4.17. The number of urea groups is 1. The molecule has 0 saturated carbocycles. The van der Waals surface area contributed by atoms with E-state index >= 15 is 0 Å². The number of ether oxygens (including phenoxy) is 1. The van der Waals surface area contributed by atoms with E-state index in [4.69, 9.17) is 4.74 Å². The minimum absolute atomic E-state index is 0.00244. The van der Waals surface area contributed by atoms with Crippen LogP contribution in [0.15, 0.2) is 18.2 Å². The van der Waals surface area contributed by atoms with E-state index in [2.05, 4.69) is 42.3 Å². The summed E-state index contributed by atoms with van der Waals surface area (Å²) in [5.74, 6) is 0. The van der Waals surface area contributed by atoms with Gasteiger partial charge >= 0.3 is 6.03 Å². The Labute approximate surface area is 139 Å². The van der Waals surface area contributed by atoms with Gasteiger partial charge in [-0.2, -0.15) is 0 Å². The Balaban J connectivity index is 1.67. The highest BCUT2D eigenvalue weighted by molar-refractivity contribution is 5.73. The van der Waals surface area contributed by atoms with Crippen molar-refractivity contribution in [3.05, 3.63) is 34.9 Å². The number of benzene rings is 1. The van der Waals surface area contributed by atoms with E-state index < -0.39 is 0 Å². The molecule has 1 heterocycles. The van der Waals surface area contributed by atoms with Crippen LogP contribution in [-0.4, -0.2) is 68.8 Å². The molecule has 0 bridgehead atoms. The standard InChI is InChI=1S/C18H29N3O2/c1-15-12-16(2)14-17(13-15)4-5-19-18(22)20(3)6-7-21-8-10-23-11-9-21/h12-14H,4-11H2,1-3H3,(H,19,22). The van der Waals surface area contributed by atoms with E-state index in [-0.39, 0.29) is 6.03 Å². The van der Waals surface area contributed by atoms with Crippen molar-refractivity contribution in [2.45, 2.75) is 20.3 Å². The van der Waals surface area contributed by atoms with Gasteiger partial charge in [-0.15, -0.1) is 0 Å². The summed E-state index contributed by atoms with van der Waals surface area (Å²) in [6.07, 6.45) is 0.867. The van der Waals surface area contributed by atoms with Gasteiger partial charge in [0.15, 0.2) is 0 Å². The topological polar surface area (TPSA) is 44.8 Å². The molecule has 5 heteroatoms. The Bertz CT molecular complexity index is 493. The number of likely N-dealkylation sites (N-methyl/N-ethyl adjacent to an activating group) is 1. The highest BCUT2D eigenvalue weighted by Gasteiger charge is 2.13. The van der Waals surface area contributed by atoms with E-state index in [1.165, 1.54) is 16.7 Å². The van der Waals surface area contributed by atoms with Crippen molar-refractivity contribution >= 4 is 6.03 Å². The van der Waals surface area contributed by atoms with Crippen LogP contribution in [0.2, 0.25) is 0 Å². The maximum atomic E-state index is 12.1. The summed E-state index contributed by atoms with van der Waals surface area (Å²) in [6, 6.07) is 6.53. The Morgan fingerprint density at radius 2 is 1.87 bits per heavy atom. The van der Waals surface area contributed by atoms with Gasteiger partial charge in [0.25, 0.3) is 0 Å².